The van der Waals surface area contributed by atoms with Crippen molar-refractivity contribution in [1.29, 1.82) is 0 Å². The summed E-state index contributed by atoms with van der Waals surface area (Å²) in [6, 6.07) is -2.81. The first kappa shape index (κ1) is 22.1. The number of carbonyl (C=O) groups is 2. The molecule has 2 aliphatic rings. The SMILES string of the molecule is CC1=C(CC(=O)N[C@@H](C)c2ncc(F)cc2F)C(=O)NC2CCNC(C(F)(F)F)C12. The number of nitrogens with zero attached hydrogens (tertiary/aromatic N) is 1. The smallest absolute Gasteiger partial charge is 0.349 e. The molecule has 11 heteroatoms. The molecule has 3 rings (SSSR count). The zero-order valence-corrected chi connectivity index (χ0v) is 16.2. The number of amides is 2. The van der Waals surface area contributed by atoms with Crippen LogP contribution in [0, 0.1) is 17.6 Å². The van der Waals surface area contributed by atoms with Crippen molar-refractivity contribution in [3.8, 4) is 0 Å². The summed E-state index contributed by atoms with van der Waals surface area (Å²) in [5.41, 5.74) is -0.0455. The fraction of sp³-hybridized carbons (Fsp3) is 0.526. The van der Waals surface area contributed by atoms with Gasteiger partial charge in [0.25, 0.3) is 0 Å². The minimum atomic E-state index is -4.51. The minimum Gasteiger partial charge on any atom is -0.349 e. The maximum Gasteiger partial charge on any atom is 0.404 e. The monoisotopic (exact) mass is 432 g/mol. The van der Waals surface area contributed by atoms with Crippen LogP contribution in [0.3, 0.4) is 0 Å². The highest BCUT2D eigenvalue weighted by Crippen LogP contribution is 2.38. The van der Waals surface area contributed by atoms with E-state index in [0.717, 1.165) is 6.20 Å². The number of fused-ring (bicyclic) bond motifs is 1. The molecule has 1 aromatic rings. The van der Waals surface area contributed by atoms with E-state index < -0.39 is 60.1 Å². The summed E-state index contributed by atoms with van der Waals surface area (Å²) in [4.78, 5) is 28.5. The normalized spacial score (nSPS) is 25.4. The summed E-state index contributed by atoms with van der Waals surface area (Å²) in [6.45, 7) is 2.96. The van der Waals surface area contributed by atoms with E-state index in [1.54, 1.807) is 0 Å². The van der Waals surface area contributed by atoms with Gasteiger partial charge in [-0.05, 0) is 26.8 Å². The van der Waals surface area contributed by atoms with E-state index >= 15 is 0 Å². The molecule has 0 spiro atoms. The number of aromatic nitrogens is 1. The number of carbonyl (C=O) groups excluding carboxylic acids is 2. The lowest BCUT2D eigenvalue weighted by atomic mass is 9.75. The Hall–Kier alpha value is -2.56. The van der Waals surface area contributed by atoms with Gasteiger partial charge in [0, 0.05) is 23.6 Å². The number of halogens is 5. The van der Waals surface area contributed by atoms with Crippen molar-refractivity contribution < 1.29 is 31.5 Å². The van der Waals surface area contributed by atoms with Gasteiger partial charge in [0.2, 0.25) is 11.8 Å². The highest BCUT2D eigenvalue weighted by Gasteiger charge is 2.52. The van der Waals surface area contributed by atoms with Crippen LogP contribution >= 0.6 is 0 Å². The summed E-state index contributed by atoms with van der Waals surface area (Å²) in [5.74, 6) is -4.12. The molecule has 0 aromatic carbocycles. The van der Waals surface area contributed by atoms with Crippen LogP contribution in [0.5, 0.6) is 0 Å². The molecule has 3 unspecified atom stereocenters. The van der Waals surface area contributed by atoms with Crippen LogP contribution in [0.25, 0.3) is 0 Å². The molecule has 4 atom stereocenters. The number of hydrogen-bond donors (Lipinski definition) is 3. The Morgan fingerprint density at radius 1 is 1.37 bits per heavy atom. The second-order valence-electron chi connectivity index (χ2n) is 7.52. The third-order valence-electron chi connectivity index (χ3n) is 5.49. The van der Waals surface area contributed by atoms with Crippen LogP contribution in [-0.2, 0) is 9.59 Å². The van der Waals surface area contributed by atoms with Gasteiger partial charge in [0.15, 0.2) is 0 Å². The third-order valence-corrected chi connectivity index (χ3v) is 5.49. The Morgan fingerprint density at radius 3 is 2.70 bits per heavy atom. The van der Waals surface area contributed by atoms with Gasteiger partial charge in [-0.15, -0.1) is 0 Å². The van der Waals surface area contributed by atoms with Crippen molar-refractivity contribution >= 4 is 11.8 Å². The molecular formula is C19H21F5N4O2. The number of nitrogens with one attached hydrogen (secondary N) is 3. The van der Waals surface area contributed by atoms with Gasteiger partial charge in [-0.2, -0.15) is 13.2 Å². The first-order valence-corrected chi connectivity index (χ1v) is 9.40. The molecule has 1 fully saturated rings. The predicted octanol–water partition coefficient (Wildman–Crippen LogP) is 2.28. The largest absolute Gasteiger partial charge is 0.404 e. The fourth-order valence-corrected chi connectivity index (χ4v) is 4.09. The third kappa shape index (κ3) is 4.45. The highest BCUT2D eigenvalue weighted by molar-refractivity contribution is 6.00. The number of piperidine rings is 1. The Morgan fingerprint density at radius 2 is 2.07 bits per heavy atom. The van der Waals surface area contributed by atoms with Crippen molar-refractivity contribution in [3.05, 3.63) is 40.7 Å². The van der Waals surface area contributed by atoms with E-state index in [9.17, 15) is 31.5 Å². The summed E-state index contributed by atoms with van der Waals surface area (Å²) < 4.78 is 67.2. The van der Waals surface area contributed by atoms with E-state index in [1.165, 1.54) is 13.8 Å². The number of rotatable bonds is 4. The summed E-state index contributed by atoms with van der Waals surface area (Å²) in [7, 11) is 0. The first-order valence-electron chi connectivity index (χ1n) is 9.40. The van der Waals surface area contributed by atoms with Gasteiger partial charge in [-0.1, -0.05) is 5.57 Å². The molecule has 164 valence electrons. The maximum atomic E-state index is 13.8. The standard InChI is InChI=1S/C19H21F5N4O2/c1-8-11(6-14(29)27-9(2)16-12(21)5-10(20)7-26-16)18(30)28-13-3-4-25-17(15(8)13)19(22,23)24/h5,7,9,13,15,17,25H,3-4,6H2,1-2H3,(H,27,29)(H,28,30)/t9-,13?,15?,17?/m0/s1. The molecule has 3 heterocycles. The lowest BCUT2D eigenvalue weighted by molar-refractivity contribution is -0.172. The van der Waals surface area contributed by atoms with Crippen LogP contribution < -0.4 is 16.0 Å². The zero-order chi connectivity index (χ0) is 22.2. The van der Waals surface area contributed by atoms with Crippen LogP contribution in [0.1, 0.15) is 38.4 Å². The Bertz CT molecular complexity index is 886. The Balaban J connectivity index is 1.78. The highest BCUT2D eigenvalue weighted by atomic mass is 19.4. The number of alkyl halides is 3. The van der Waals surface area contributed by atoms with Crippen molar-refractivity contribution in [3.63, 3.8) is 0 Å². The van der Waals surface area contributed by atoms with Gasteiger partial charge >= 0.3 is 6.18 Å². The molecule has 0 radical (unpaired) electrons. The Labute approximate surface area is 169 Å². The van der Waals surface area contributed by atoms with Gasteiger partial charge in [0.05, 0.1) is 24.4 Å². The molecule has 0 bridgehead atoms. The van der Waals surface area contributed by atoms with Gasteiger partial charge in [-0.25, -0.2) is 8.78 Å². The molecular weight excluding hydrogens is 411 g/mol. The maximum absolute atomic E-state index is 13.8. The lowest BCUT2D eigenvalue weighted by Gasteiger charge is -2.44. The average molecular weight is 432 g/mol. The predicted molar refractivity (Wildman–Crippen MR) is 95.9 cm³/mol. The molecule has 1 aromatic heterocycles. The summed E-state index contributed by atoms with van der Waals surface area (Å²) in [5, 5.41) is 7.47. The van der Waals surface area contributed by atoms with Crippen LogP contribution in [0.2, 0.25) is 0 Å². The van der Waals surface area contributed by atoms with Crippen molar-refractivity contribution in [2.45, 2.75) is 51.0 Å². The zero-order valence-electron chi connectivity index (χ0n) is 16.2. The van der Waals surface area contributed by atoms with E-state index in [0.29, 0.717) is 12.5 Å². The van der Waals surface area contributed by atoms with E-state index in [2.05, 4.69) is 20.9 Å². The topological polar surface area (TPSA) is 83.1 Å². The van der Waals surface area contributed by atoms with Crippen molar-refractivity contribution in [1.82, 2.24) is 20.9 Å². The van der Waals surface area contributed by atoms with Crippen molar-refractivity contribution in [2.24, 2.45) is 5.92 Å². The average Bonchev–Trinajstić information content (AvgIpc) is 2.63. The molecule has 0 aliphatic carbocycles. The second-order valence-corrected chi connectivity index (χ2v) is 7.52. The fourth-order valence-electron chi connectivity index (χ4n) is 4.09. The summed E-state index contributed by atoms with van der Waals surface area (Å²) >= 11 is 0. The quantitative estimate of drug-likeness (QED) is 0.638. The van der Waals surface area contributed by atoms with Crippen molar-refractivity contribution in [2.75, 3.05) is 6.54 Å². The van der Waals surface area contributed by atoms with E-state index in [4.69, 9.17) is 0 Å². The summed E-state index contributed by atoms with van der Waals surface area (Å²) in [6.07, 6.45) is -3.85. The second kappa shape index (κ2) is 8.29. The molecule has 2 amide bonds. The molecule has 6 nitrogen and oxygen atoms in total. The minimum absolute atomic E-state index is 0.0496. The molecule has 30 heavy (non-hydrogen) atoms. The molecule has 0 saturated carbocycles. The van der Waals surface area contributed by atoms with Crippen LogP contribution in [-0.4, -0.2) is 41.6 Å². The number of pyridine rings is 1. The first-order chi connectivity index (χ1) is 14.0. The molecule has 3 N–H and O–H groups in total. The molecule has 1 saturated heterocycles. The van der Waals surface area contributed by atoms with Gasteiger partial charge < -0.3 is 16.0 Å². The number of hydrogen-bond acceptors (Lipinski definition) is 4. The van der Waals surface area contributed by atoms with Gasteiger partial charge in [0.1, 0.15) is 17.7 Å². The lowest BCUT2D eigenvalue weighted by Crippen LogP contribution is -2.62. The van der Waals surface area contributed by atoms with Gasteiger partial charge in [-0.3, -0.25) is 14.6 Å². The van der Waals surface area contributed by atoms with Crippen LogP contribution in [0.4, 0.5) is 22.0 Å². The van der Waals surface area contributed by atoms with E-state index in [-0.39, 0.29) is 23.4 Å². The Kier molecular flexibility index (Phi) is 6.11. The molecule has 2 aliphatic heterocycles. The van der Waals surface area contributed by atoms with E-state index in [1.807, 2.05) is 0 Å². The van der Waals surface area contributed by atoms with Crippen LogP contribution in [0.15, 0.2) is 23.4 Å².